The summed E-state index contributed by atoms with van der Waals surface area (Å²) in [5.74, 6) is 0. The molecule has 2 N–H and O–H groups in total. The lowest BCUT2D eigenvalue weighted by atomic mass is 10.2. The molecule has 3 nitrogen and oxygen atoms in total. The summed E-state index contributed by atoms with van der Waals surface area (Å²) >= 11 is 6.10. The van der Waals surface area contributed by atoms with Crippen molar-refractivity contribution < 1.29 is 0 Å². The van der Waals surface area contributed by atoms with E-state index < -0.39 is 0 Å². The first-order chi connectivity index (χ1) is 7.20. The highest BCUT2D eigenvalue weighted by Gasteiger charge is 2.20. The van der Waals surface area contributed by atoms with Crippen LogP contribution in [0.1, 0.15) is 12.0 Å². The predicted octanol–water partition coefficient (Wildman–Crippen LogP) is 1.75. The molecule has 4 heteroatoms. The Morgan fingerprint density at radius 3 is 2.87 bits per heavy atom. The number of rotatable bonds is 1. The van der Waals surface area contributed by atoms with Gasteiger partial charge in [-0.2, -0.15) is 5.26 Å². The number of hydrogen-bond acceptors (Lipinski definition) is 3. The van der Waals surface area contributed by atoms with Gasteiger partial charge in [0.25, 0.3) is 0 Å². The van der Waals surface area contributed by atoms with Crippen LogP contribution in [0.2, 0.25) is 5.02 Å². The van der Waals surface area contributed by atoms with Crippen LogP contribution in [0.15, 0.2) is 18.2 Å². The zero-order valence-corrected chi connectivity index (χ0v) is 9.04. The van der Waals surface area contributed by atoms with Gasteiger partial charge in [-0.1, -0.05) is 11.6 Å². The SMILES string of the molecule is N#Cc1ccc(N2CCC(N)C2)c(Cl)c1. The smallest absolute Gasteiger partial charge is 0.0992 e. The molecule has 1 aromatic rings. The van der Waals surface area contributed by atoms with Crippen molar-refractivity contribution in [3.05, 3.63) is 28.8 Å². The Morgan fingerprint density at radius 2 is 2.33 bits per heavy atom. The van der Waals surface area contributed by atoms with Crippen LogP contribution < -0.4 is 10.6 Å². The number of hydrogen-bond donors (Lipinski definition) is 1. The van der Waals surface area contributed by atoms with Crippen LogP contribution in [-0.4, -0.2) is 19.1 Å². The lowest BCUT2D eigenvalue weighted by Gasteiger charge is -2.19. The number of halogens is 1. The van der Waals surface area contributed by atoms with Crippen LogP contribution in [0.25, 0.3) is 0 Å². The Labute approximate surface area is 94.0 Å². The fourth-order valence-electron chi connectivity index (χ4n) is 1.84. The molecule has 78 valence electrons. The number of nitriles is 1. The molecule has 1 aromatic carbocycles. The van der Waals surface area contributed by atoms with Crippen LogP contribution >= 0.6 is 11.6 Å². The van der Waals surface area contributed by atoms with E-state index in [9.17, 15) is 0 Å². The standard InChI is InChI=1S/C11H12ClN3/c12-10-5-8(6-13)1-2-11(10)15-4-3-9(14)7-15/h1-2,5,9H,3-4,7,14H2. The summed E-state index contributed by atoms with van der Waals surface area (Å²) in [4.78, 5) is 2.16. The third kappa shape index (κ3) is 2.06. The molecule has 15 heavy (non-hydrogen) atoms. The lowest BCUT2D eigenvalue weighted by Crippen LogP contribution is -2.26. The van der Waals surface area contributed by atoms with Crippen molar-refractivity contribution in [2.45, 2.75) is 12.5 Å². The average Bonchev–Trinajstić information content (AvgIpc) is 2.64. The molecule has 0 aliphatic carbocycles. The van der Waals surface area contributed by atoms with Gasteiger partial charge in [-0.15, -0.1) is 0 Å². The van der Waals surface area contributed by atoms with E-state index in [1.165, 1.54) is 0 Å². The Bertz CT molecular complexity index is 411. The van der Waals surface area contributed by atoms with Crippen molar-refractivity contribution >= 4 is 17.3 Å². The molecule has 2 rings (SSSR count). The van der Waals surface area contributed by atoms with Crippen molar-refractivity contribution in [1.82, 2.24) is 0 Å². The first-order valence-electron chi connectivity index (χ1n) is 4.91. The highest BCUT2D eigenvalue weighted by atomic mass is 35.5. The van der Waals surface area contributed by atoms with E-state index in [0.29, 0.717) is 10.6 Å². The van der Waals surface area contributed by atoms with Gasteiger partial charge in [0.05, 0.1) is 22.3 Å². The molecule has 1 fully saturated rings. The fraction of sp³-hybridized carbons (Fsp3) is 0.364. The largest absolute Gasteiger partial charge is 0.369 e. The molecule has 0 aromatic heterocycles. The maximum absolute atomic E-state index is 8.72. The van der Waals surface area contributed by atoms with Gasteiger partial charge >= 0.3 is 0 Å². The monoisotopic (exact) mass is 221 g/mol. The molecule has 1 heterocycles. The molecule has 0 radical (unpaired) electrons. The Morgan fingerprint density at radius 1 is 1.53 bits per heavy atom. The van der Waals surface area contributed by atoms with Gasteiger partial charge in [-0.05, 0) is 24.6 Å². The van der Waals surface area contributed by atoms with Crippen molar-refractivity contribution in [3.8, 4) is 6.07 Å². The van der Waals surface area contributed by atoms with Crippen LogP contribution in [0.3, 0.4) is 0 Å². The van der Waals surface area contributed by atoms with E-state index >= 15 is 0 Å². The second kappa shape index (κ2) is 4.09. The first kappa shape index (κ1) is 10.3. The van der Waals surface area contributed by atoms with Gasteiger partial charge < -0.3 is 10.6 Å². The van der Waals surface area contributed by atoms with E-state index in [1.54, 1.807) is 12.1 Å². The first-order valence-corrected chi connectivity index (χ1v) is 5.28. The quantitative estimate of drug-likeness (QED) is 0.786. The topological polar surface area (TPSA) is 53.0 Å². The molecule has 1 atom stereocenters. The molecule has 1 aliphatic rings. The normalized spacial score (nSPS) is 20.3. The van der Waals surface area contributed by atoms with Gasteiger partial charge in [0.1, 0.15) is 0 Å². The summed E-state index contributed by atoms with van der Waals surface area (Å²) in [5, 5.41) is 9.35. The maximum Gasteiger partial charge on any atom is 0.0992 e. The zero-order chi connectivity index (χ0) is 10.8. The van der Waals surface area contributed by atoms with E-state index in [4.69, 9.17) is 22.6 Å². The zero-order valence-electron chi connectivity index (χ0n) is 8.28. The molecule has 1 unspecified atom stereocenters. The Kier molecular flexibility index (Phi) is 2.81. The third-order valence-electron chi connectivity index (χ3n) is 2.64. The van der Waals surface area contributed by atoms with Crippen LogP contribution in [0.4, 0.5) is 5.69 Å². The molecule has 0 amide bonds. The number of nitrogens with zero attached hydrogens (tertiary/aromatic N) is 2. The van der Waals surface area contributed by atoms with E-state index in [0.717, 1.165) is 25.2 Å². The number of benzene rings is 1. The lowest BCUT2D eigenvalue weighted by molar-refractivity contribution is 0.752. The summed E-state index contributed by atoms with van der Waals surface area (Å²) in [5.41, 5.74) is 7.40. The van der Waals surface area contributed by atoms with Crippen molar-refractivity contribution in [2.24, 2.45) is 5.73 Å². The van der Waals surface area contributed by atoms with E-state index in [1.807, 2.05) is 6.07 Å². The van der Waals surface area contributed by atoms with Gasteiger partial charge in [0.15, 0.2) is 0 Å². The summed E-state index contributed by atoms with van der Waals surface area (Å²) in [6.07, 6.45) is 0.996. The maximum atomic E-state index is 8.72. The van der Waals surface area contributed by atoms with Gasteiger partial charge in [-0.25, -0.2) is 0 Å². The minimum atomic E-state index is 0.233. The van der Waals surface area contributed by atoms with E-state index in [-0.39, 0.29) is 6.04 Å². The highest BCUT2D eigenvalue weighted by Crippen LogP contribution is 2.29. The number of anilines is 1. The second-order valence-electron chi connectivity index (χ2n) is 3.77. The second-order valence-corrected chi connectivity index (χ2v) is 4.18. The van der Waals surface area contributed by atoms with Crippen LogP contribution in [0, 0.1) is 11.3 Å². The van der Waals surface area contributed by atoms with Crippen LogP contribution in [-0.2, 0) is 0 Å². The third-order valence-corrected chi connectivity index (χ3v) is 2.94. The number of nitrogens with two attached hydrogens (primary N) is 1. The summed E-state index contributed by atoms with van der Waals surface area (Å²) in [6, 6.07) is 7.67. The molecule has 1 saturated heterocycles. The Balaban J connectivity index is 2.26. The van der Waals surface area contributed by atoms with E-state index in [2.05, 4.69) is 11.0 Å². The molecular weight excluding hydrogens is 210 g/mol. The summed E-state index contributed by atoms with van der Waals surface area (Å²) in [6.45, 7) is 1.78. The van der Waals surface area contributed by atoms with Crippen molar-refractivity contribution in [1.29, 1.82) is 5.26 Å². The van der Waals surface area contributed by atoms with Crippen LogP contribution in [0.5, 0.6) is 0 Å². The van der Waals surface area contributed by atoms with Gasteiger partial charge in [-0.3, -0.25) is 0 Å². The molecule has 0 saturated carbocycles. The predicted molar refractivity (Wildman–Crippen MR) is 61.0 cm³/mol. The molecule has 0 spiro atoms. The minimum absolute atomic E-state index is 0.233. The summed E-state index contributed by atoms with van der Waals surface area (Å²) < 4.78 is 0. The van der Waals surface area contributed by atoms with Gasteiger partial charge in [0.2, 0.25) is 0 Å². The average molecular weight is 222 g/mol. The molecular formula is C11H12ClN3. The molecule has 0 bridgehead atoms. The minimum Gasteiger partial charge on any atom is -0.369 e. The van der Waals surface area contributed by atoms with Crippen molar-refractivity contribution in [3.63, 3.8) is 0 Å². The Hall–Kier alpha value is -1.24. The van der Waals surface area contributed by atoms with Crippen molar-refractivity contribution in [2.75, 3.05) is 18.0 Å². The summed E-state index contributed by atoms with van der Waals surface area (Å²) in [7, 11) is 0. The highest BCUT2D eigenvalue weighted by molar-refractivity contribution is 6.33. The molecule has 1 aliphatic heterocycles. The van der Waals surface area contributed by atoms with Gasteiger partial charge in [0, 0.05) is 19.1 Å². The fourth-order valence-corrected chi connectivity index (χ4v) is 2.14.